The topological polar surface area (TPSA) is 88.6 Å². The molecule has 22 heavy (non-hydrogen) atoms. The maximum absolute atomic E-state index is 11.7. The van der Waals surface area contributed by atoms with Crippen LogP contribution in [-0.2, 0) is 14.8 Å². The largest absolute Gasteiger partial charge is 0.482 e. The Morgan fingerprint density at radius 3 is 2.91 bits per heavy atom. The van der Waals surface area contributed by atoms with Crippen LogP contribution >= 0.6 is 11.3 Å². The minimum atomic E-state index is -3.35. The van der Waals surface area contributed by atoms with Crippen molar-refractivity contribution in [2.75, 3.05) is 29.5 Å². The van der Waals surface area contributed by atoms with Gasteiger partial charge in [0.1, 0.15) is 5.75 Å². The Hall–Kier alpha value is -2.13. The summed E-state index contributed by atoms with van der Waals surface area (Å²) in [5.41, 5.74) is 2.08. The fourth-order valence-corrected chi connectivity index (χ4v) is 3.62. The predicted octanol–water partition coefficient (Wildman–Crippen LogP) is 1.54. The van der Waals surface area contributed by atoms with Crippen LogP contribution in [0.15, 0.2) is 23.6 Å². The van der Waals surface area contributed by atoms with Crippen molar-refractivity contribution in [3.05, 3.63) is 23.6 Å². The normalized spacial score (nSPS) is 14.5. The number of anilines is 2. The molecule has 0 unspecified atom stereocenters. The fourth-order valence-electron chi connectivity index (χ4n) is 2.04. The lowest BCUT2D eigenvalue weighted by atomic mass is 10.1. The van der Waals surface area contributed by atoms with Crippen molar-refractivity contribution in [1.82, 2.24) is 4.98 Å². The summed E-state index contributed by atoms with van der Waals surface area (Å²) < 4.78 is 30.1. The monoisotopic (exact) mass is 339 g/mol. The number of nitrogens with zero attached hydrogens (tertiary/aromatic N) is 2. The van der Waals surface area contributed by atoms with Crippen molar-refractivity contribution < 1.29 is 17.9 Å². The zero-order valence-electron chi connectivity index (χ0n) is 11.9. The van der Waals surface area contributed by atoms with Gasteiger partial charge in [0.15, 0.2) is 11.7 Å². The third-order valence-corrected chi connectivity index (χ3v) is 4.57. The highest BCUT2D eigenvalue weighted by atomic mass is 32.2. The molecule has 1 aromatic carbocycles. The number of aromatic nitrogens is 1. The van der Waals surface area contributed by atoms with Gasteiger partial charge in [0.25, 0.3) is 5.91 Å². The van der Waals surface area contributed by atoms with Crippen molar-refractivity contribution in [3.8, 4) is 17.0 Å². The summed E-state index contributed by atoms with van der Waals surface area (Å²) in [6.45, 7) is 0.0297. The van der Waals surface area contributed by atoms with Gasteiger partial charge in [-0.2, -0.15) is 0 Å². The molecule has 0 spiro atoms. The molecule has 1 aromatic heterocycles. The van der Waals surface area contributed by atoms with Crippen LogP contribution in [0.25, 0.3) is 11.3 Å². The molecular formula is C13H13N3O4S2. The summed E-state index contributed by atoms with van der Waals surface area (Å²) in [7, 11) is -1.67. The van der Waals surface area contributed by atoms with Crippen LogP contribution in [0, 0.1) is 0 Å². The molecule has 0 atom stereocenters. The van der Waals surface area contributed by atoms with E-state index in [1.165, 1.54) is 16.2 Å². The molecule has 1 aliphatic heterocycles. The highest BCUT2D eigenvalue weighted by molar-refractivity contribution is 7.92. The number of carbonyl (C=O) groups is 1. The summed E-state index contributed by atoms with van der Waals surface area (Å²) in [6, 6.07) is 5.39. The summed E-state index contributed by atoms with van der Waals surface area (Å²) >= 11 is 1.20. The number of hydrogen-bond acceptors (Lipinski definition) is 6. The number of benzene rings is 1. The lowest BCUT2D eigenvalue weighted by Crippen LogP contribution is -2.35. The van der Waals surface area contributed by atoms with E-state index >= 15 is 0 Å². The first-order valence-corrected chi connectivity index (χ1v) is 9.08. The molecular weight excluding hydrogens is 326 g/mol. The molecule has 1 aliphatic rings. The van der Waals surface area contributed by atoms with E-state index in [2.05, 4.69) is 9.71 Å². The van der Waals surface area contributed by atoms with Gasteiger partial charge in [0.05, 0.1) is 17.6 Å². The molecule has 3 rings (SSSR count). The molecule has 1 N–H and O–H groups in total. The van der Waals surface area contributed by atoms with Crippen molar-refractivity contribution in [2.24, 2.45) is 0 Å². The first-order chi connectivity index (χ1) is 10.3. The smallest absolute Gasteiger partial charge is 0.264 e. The second-order valence-electron chi connectivity index (χ2n) is 4.84. The van der Waals surface area contributed by atoms with Crippen LogP contribution in [0.3, 0.4) is 0 Å². The molecule has 1 amide bonds. The van der Waals surface area contributed by atoms with Gasteiger partial charge in [0.2, 0.25) is 10.0 Å². The van der Waals surface area contributed by atoms with E-state index in [0.717, 1.165) is 11.8 Å². The molecule has 9 heteroatoms. The van der Waals surface area contributed by atoms with E-state index in [4.69, 9.17) is 4.74 Å². The third kappa shape index (κ3) is 2.90. The number of rotatable bonds is 3. The molecule has 2 aromatic rings. The Bertz CT molecular complexity index is 845. The average molecular weight is 339 g/mol. The molecule has 116 valence electrons. The van der Waals surface area contributed by atoms with Crippen molar-refractivity contribution in [1.29, 1.82) is 0 Å². The van der Waals surface area contributed by atoms with E-state index in [-0.39, 0.29) is 12.5 Å². The molecule has 0 saturated heterocycles. The Labute approximate surface area is 131 Å². The van der Waals surface area contributed by atoms with E-state index < -0.39 is 10.0 Å². The minimum Gasteiger partial charge on any atom is -0.482 e. The van der Waals surface area contributed by atoms with Crippen LogP contribution < -0.4 is 14.4 Å². The highest BCUT2D eigenvalue weighted by Gasteiger charge is 2.22. The first kappa shape index (κ1) is 14.8. The maximum Gasteiger partial charge on any atom is 0.264 e. The highest BCUT2D eigenvalue weighted by Crippen LogP contribution is 2.36. The predicted molar refractivity (Wildman–Crippen MR) is 84.9 cm³/mol. The standard InChI is InChI=1S/C13H13N3O4S2/c1-16-10-5-8(3-4-11(10)20-6-12(16)17)9-7-21-13(14-9)15-22(2,18)19/h3-5,7H,6H2,1-2H3,(H,14,15). The van der Waals surface area contributed by atoms with E-state index in [0.29, 0.717) is 22.3 Å². The molecule has 0 fully saturated rings. The third-order valence-electron chi connectivity index (χ3n) is 3.12. The van der Waals surface area contributed by atoms with Crippen LogP contribution in [-0.4, -0.2) is 39.2 Å². The fraction of sp³-hybridized carbons (Fsp3) is 0.231. The lowest BCUT2D eigenvalue weighted by molar-refractivity contribution is -0.120. The van der Waals surface area contributed by atoms with Gasteiger partial charge in [-0.1, -0.05) is 0 Å². The number of thiazole rings is 1. The number of sulfonamides is 1. The Kier molecular flexibility index (Phi) is 3.53. The lowest BCUT2D eigenvalue weighted by Gasteiger charge is -2.26. The SMILES string of the molecule is CN1C(=O)COc2ccc(-c3csc(NS(C)(=O)=O)n3)cc21. The van der Waals surface area contributed by atoms with Gasteiger partial charge in [-0.05, 0) is 18.2 Å². The van der Waals surface area contributed by atoms with Crippen molar-refractivity contribution in [3.63, 3.8) is 0 Å². The van der Waals surface area contributed by atoms with E-state index in [1.54, 1.807) is 24.6 Å². The zero-order valence-corrected chi connectivity index (χ0v) is 13.5. The molecule has 0 radical (unpaired) electrons. The minimum absolute atomic E-state index is 0.0297. The number of nitrogens with one attached hydrogen (secondary N) is 1. The van der Waals surface area contributed by atoms with Gasteiger partial charge in [-0.25, -0.2) is 13.4 Å². The summed E-state index contributed by atoms with van der Waals surface area (Å²) in [6.07, 6.45) is 1.07. The quantitative estimate of drug-likeness (QED) is 0.916. The number of fused-ring (bicyclic) bond motifs is 1. The van der Waals surface area contributed by atoms with Gasteiger partial charge >= 0.3 is 0 Å². The van der Waals surface area contributed by atoms with E-state index in [9.17, 15) is 13.2 Å². The van der Waals surface area contributed by atoms with Gasteiger partial charge in [0, 0.05) is 18.0 Å². The summed E-state index contributed by atoms with van der Waals surface area (Å²) in [5.74, 6) is 0.512. The molecule has 2 heterocycles. The Balaban J connectivity index is 1.95. The van der Waals surface area contributed by atoms with Crippen LogP contribution in [0.4, 0.5) is 10.8 Å². The number of amides is 1. The molecule has 0 bridgehead atoms. The van der Waals surface area contributed by atoms with Crippen LogP contribution in [0.5, 0.6) is 5.75 Å². The van der Waals surface area contributed by atoms with Crippen LogP contribution in [0.1, 0.15) is 0 Å². The number of ether oxygens (including phenoxy) is 1. The Morgan fingerprint density at radius 2 is 2.18 bits per heavy atom. The van der Waals surface area contributed by atoms with Gasteiger partial charge in [-0.3, -0.25) is 9.52 Å². The summed E-state index contributed by atoms with van der Waals surface area (Å²) in [4.78, 5) is 17.5. The Morgan fingerprint density at radius 1 is 1.41 bits per heavy atom. The molecule has 0 saturated carbocycles. The first-order valence-electron chi connectivity index (χ1n) is 6.30. The average Bonchev–Trinajstić information content (AvgIpc) is 2.89. The second kappa shape index (κ2) is 5.25. The number of carbonyl (C=O) groups excluding carboxylic acids is 1. The van der Waals surface area contributed by atoms with E-state index in [1.807, 2.05) is 6.07 Å². The van der Waals surface area contributed by atoms with Crippen molar-refractivity contribution in [2.45, 2.75) is 0 Å². The molecule has 0 aliphatic carbocycles. The maximum atomic E-state index is 11.7. The zero-order chi connectivity index (χ0) is 15.9. The number of likely N-dealkylation sites (N-methyl/N-ethyl adjacent to an activating group) is 1. The summed E-state index contributed by atoms with van der Waals surface area (Å²) in [5, 5.41) is 2.05. The second-order valence-corrected chi connectivity index (χ2v) is 7.44. The number of hydrogen-bond donors (Lipinski definition) is 1. The van der Waals surface area contributed by atoms with Crippen molar-refractivity contribution >= 4 is 38.1 Å². The van der Waals surface area contributed by atoms with Crippen LogP contribution in [0.2, 0.25) is 0 Å². The molecule has 7 nitrogen and oxygen atoms in total. The van der Waals surface area contributed by atoms with Gasteiger partial charge < -0.3 is 9.64 Å². The van der Waals surface area contributed by atoms with Gasteiger partial charge in [-0.15, -0.1) is 11.3 Å².